The maximum atomic E-state index is 12.9. The highest BCUT2D eigenvalue weighted by molar-refractivity contribution is 5.91. The highest BCUT2D eigenvalue weighted by Gasteiger charge is 2.18. The molecule has 1 aromatic heterocycles. The van der Waals surface area contributed by atoms with Crippen LogP contribution >= 0.6 is 0 Å². The summed E-state index contributed by atoms with van der Waals surface area (Å²) in [5.41, 5.74) is 6.13. The fraction of sp³-hybridized carbons (Fsp3) is 0.250. The molecule has 2 rings (SSSR count). The first-order valence-electron chi connectivity index (χ1n) is 6.84. The average molecular weight is 304 g/mol. The number of nitrogens with two attached hydrogens (primary N) is 1. The molecule has 1 heterocycles. The Morgan fingerprint density at radius 2 is 1.91 bits per heavy atom. The van der Waals surface area contributed by atoms with Gasteiger partial charge in [-0.25, -0.2) is 4.39 Å². The third-order valence-electron chi connectivity index (χ3n) is 3.27. The van der Waals surface area contributed by atoms with Crippen molar-refractivity contribution >= 4 is 11.8 Å². The van der Waals surface area contributed by atoms with E-state index in [4.69, 9.17) is 10.2 Å². The number of hydrogen-bond acceptors (Lipinski definition) is 3. The monoisotopic (exact) mass is 304 g/mol. The van der Waals surface area contributed by atoms with Crippen LogP contribution in [-0.2, 0) is 11.2 Å². The van der Waals surface area contributed by atoms with Crippen molar-refractivity contribution in [2.75, 3.05) is 6.54 Å². The first-order chi connectivity index (χ1) is 10.5. The zero-order valence-electron chi connectivity index (χ0n) is 12.1. The van der Waals surface area contributed by atoms with Crippen molar-refractivity contribution in [3.05, 3.63) is 59.3 Å². The summed E-state index contributed by atoms with van der Waals surface area (Å²) in [5, 5.41) is 2.62. The van der Waals surface area contributed by atoms with E-state index in [1.54, 1.807) is 31.2 Å². The summed E-state index contributed by atoms with van der Waals surface area (Å²) in [4.78, 5) is 23.4. The zero-order chi connectivity index (χ0) is 16.1. The fourth-order valence-corrected chi connectivity index (χ4v) is 2.04. The third kappa shape index (κ3) is 4.18. The lowest BCUT2D eigenvalue weighted by atomic mass is 9.98. The molecule has 22 heavy (non-hydrogen) atoms. The summed E-state index contributed by atoms with van der Waals surface area (Å²) in [5.74, 6) is -1.05. The first kappa shape index (κ1) is 15.8. The molecular weight excluding hydrogens is 287 g/mol. The maximum Gasteiger partial charge on any atom is 0.287 e. The number of benzene rings is 1. The van der Waals surface area contributed by atoms with Crippen LogP contribution in [0.2, 0.25) is 0 Å². The molecule has 116 valence electrons. The van der Waals surface area contributed by atoms with Crippen LogP contribution in [0.25, 0.3) is 0 Å². The Morgan fingerprint density at radius 1 is 1.23 bits per heavy atom. The highest BCUT2D eigenvalue weighted by atomic mass is 19.1. The van der Waals surface area contributed by atoms with Gasteiger partial charge in [0, 0.05) is 6.54 Å². The molecule has 1 atom stereocenters. The van der Waals surface area contributed by atoms with E-state index in [1.807, 2.05) is 0 Å². The molecule has 0 fully saturated rings. The van der Waals surface area contributed by atoms with E-state index in [0.29, 0.717) is 12.2 Å². The van der Waals surface area contributed by atoms with Crippen molar-refractivity contribution in [1.82, 2.24) is 5.32 Å². The second-order valence-electron chi connectivity index (χ2n) is 5.05. The first-order valence-corrected chi connectivity index (χ1v) is 6.84. The number of furan rings is 1. The number of amides is 2. The van der Waals surface area contributed by atoms with Gasteiger partial charge in [0.15, 0.2) is 5.76 Å². The van der Waals surface area contributed by atoms with Crippen molar-refractivity contribution in [2.24, 2.45) is 11.7 Å². The molecule has 0 saturated carbocycles. The van der Waals surface area contributed by atoms with Gasteiger partial charge >= 0.3 is 0 Å². The molecule has 0 aliphatic heterocycles. The molecule has 2 aromatic rings. The van der Waals surface area contributed by atoms with Gasteiger partial charge in [0.2, 0.25) is 5.91 Å². The van der Waals surface area contributed by atoms with Gasteiger partial charge in [-0.05, 0) is 43.2 Å². The quantitative estimate of drug-likeness (QED) is 0.853. The van der Waals surface area contributed by atoms with E-state index in [2.05, 4.69) is 5.32 Å². The predicted molar refractivity (Wildman–Crippen MR) is 78.6 cm³/mol. The topological polar surface area (TPSA) is 85.3 Å². The minimum atomic E-state index is -0.578. The van der Waals surface area contributed by atoms with Crippen LogP contribution < -0.4 is 11.1 Å². The van der Waals surface area contributed by atoms with Crippen LogP contribution in [0.3, 0.4) is 0 Å². The highest BCUT2D eigenvalue weighted by Crippen LogP contribution is 2.10. The Morgan fingerprint density at radius 3 is 2.45 bits per heavy atom. The zero-order valence-corrected chi connectivity index (χ0v) is 12.1. The molecule has 3 N–H and O–H groups in total. The lowest BCUT2D eigenvalue weighted by Crippen LogP contribution is -2.37. The average Bonchev–Trinajstić information content (AvgIpc) is 2.91. The molecule has 0 aliphatic carbocycles. The largest absolute Gasteiger partial charge is 0.456 e. The summed E-state index contributed by atoms with van der Waals surface area (Å²) in [7, 11) is 0. The number of primary amides is 1. The summed E-state index contributed by atoms with van der Waals surface area (Å²) in [6.45, 7) is 1.82. The second kappa shape index (κ2) is 6.89. The molecule has 0 saturated heterocycles. The number of aryl methyl sites for hydroxylation is 1. The Kier molecular flexibility index (Phi) is 4.93. The number of halogens is 1. The lowest BCUT2D eigenvalue weighted by Gasteiger charge is -2.14. The molecular formula is C16H17FN2O3. The van der Waals surface area contributed by atoms with Crippen molar-refractivity contribution in [3.63, 3.8) is 0 Å². The summed E-state index contributed by atoms with van der Waals surface area (Å²) in [6.07, 6.45) is 0.326. The van der Waals surface area contributed by atoms with Crippen molar-refractivity contribution in [3.8, 4) is 0 Å². The standard InChI is InChI=1S/C16H17FN2O3/c1-10-2-7-14(22-10)16(21)19-9-12(15(18)20)8-11-3-5-13(17)6-4-11/h2-7,12H,8-9H2,1H3,(H2,18,20)(H,19,21)/t12-/m0/s1. The van der Waals surface area contributed by atoms with Crippen LogP contribution in [0.4, 0.5) is 4.39 Å². The third-order valence-corrected chi connectivity index (χ3v) is 3.27. The minimum Gasteiger partial charge on any atom is -0.456 e. The maximum absolute atomic E-state index is 12.9. The molecule has 0 bridgehead atoms. The number of carbonyl (C=O) groups is 2. The molecule has 0 unspecified atom stereocenters. The molecule has 1 aromatic carbocycles. The number of nitrogens with one attached hydrogen (secondary N) is 1. The molecule has 0 aliphatic rings. The van der Waals surface area contributed by atoms with Gasteiger partial charge in [0.1, 0.15) is 11.6 Å². The van der Waals surface area contributed by atoms with Gasteiger partial charge in [-0.3, -0.25) is 9.59 Å². The van der Waals surface area contributed by atoms with Crippen LogP contribution in [-0.4, -0.2) is 18.4 Å². The van der Waals surface area contributed by atoms with Gasteiger partial charge in [0.05, 0.1) is 5.92 Å². The van der Waals surface area contributed by atoms with Crippen LogP contribution in [0.15, 0.2) is 40.8 Å². The molecule has 0 spiro atoms. The Bertz CT molecular complexity index is 664. The Labute approximate surface area is 127 Å². The van der Waals surface area contributed by atoms with E-state index in [1.165, 1.54) is 12.1 Å². The lowest BCUT2D eigenvalue weighted by molar-refractivity contribution is -0.121. The van der Waals surface area contributed by atoms with Crippen LogP contribution in [0.5, 0.6) is 0 Å². The summed E-state index contributed by atoms with van der Waals surface area (Å²) in [6, 6.07) is 9.05. The van der Waals surface area contributed by atoms with E-state index in [9.17, 15) is 14.0 Å². The molecule has 5 nitrogen and oxygen atoms in total. The Balaban J connectivity index is 1.95. The van der Waals surface area contributed by atoms with Gasteiger partial charge in [-0.2, -0.15) is 0 Å². The molecule has 2 amide bonds. The molecule has 0 radical (unpaired) electrons. The van der Waals surface area contributed by atoms with Gasteiger partial charge < -0.3 is 15.5 Å². The van der Waals surface area contributed by atoms with Crippen molar-refractivity contribution < 1.29 is 18.4 Å². The van der Waals surface area contributed by atoms with Crippen molar-refractivity contribution in [2.45, 2.75) is 13.3 Å². The van der Waals surface area contributed by atoms with Crippen LogP contribution in [0.1, 0.15) is 21.9 Å². The predicted octanol–water partition coefficient (Wildman–Crippen LogP) is 1.80. The van der Waals surface area contributed by atoms with Gasteiger partial charge in [-0.1, -0.05) is 12.1 Å². The van der Waals surface area contributed by atoms with Crippen LogP contribution in [0, 0.1) is 18.7 Å². The van der Waals surface area contributed by atoms with E-state index < -0.39 is 17.7 Å². The van der Waals surface area contributed by atoms with E-state index in [0.717, 1.165) is 5.56 Å². The smallest absolute Gasteiger partial charge is 0.287 e. The van der Waals surface area contributed by atoms with Crippen molar-refractivity contribution in [1.29, 1.82) is 0 Å². The normalized spacial score (nSPS) is 11.9. The summed E-state index contributed by atoms with van der Waals surface area (Å²) >= 11 is 0. The summed E-state index contributed by atoms with van der Waals surface area (Å²) < 4.78 is 18.1. The second-order valence-corrected chi connectivity index (χ2v) is 5.05. The number of rotatable bonds is 6. The van der Waals surface area contributed by atoms with E-state index in [-0.39, 0.29) is 18.1 Å². The fourth-order valence-electron chi connectivity index (χ4n) is 2.04. The number of hydrogen-bond donors (Lipinski definition) is 2. The minimum absolute atomic E-state index is 0.0886. The van der Waals surface area contributed by atoms with Gasteiger partial charge in [-0.15, -0.1) is 0 Å². The Hall–Kier alpha value is -2.63. The number of carbonyl (C=O) groups excluding carboxylic acids is 2. The SMILES string of the molecule is Cc1ccc(C(=O)NC[C@H](Cc2ccc(F)cc2)C(N)=O)o1. The van der Waals surface area contributed by atoms with Gasteiger partial charge in [0.25, 0.3) is 5.91 Å². The van der Waals surface area contributed by atoms with E-state index >= 15 is 0 Å². The molecule has 6 heteroatoms.